The van der Waals surface area contributed by atoms with E-state index in [0.717, 1.165) is 42.2 Å². The zero-order valence-corrected chi connectivity index (χ0v) is 17.8. The fourth-order valence-electron chi connectivity index (χ4n) is 4.31. The SMILES string of the molecule is O=C(CN1CCC[C@@H]1c1ccc2c(c1)OCCO2)Nc1ccccc1Oc1ccccc1. The van der Waals surface area contributed by atoms with Crippen molar-refractivity contribution in [2.24, 2.45) is 0 Å². The van der Waals surface area contributed by atoms with Crippen LogP contribution < -0.4 is 19.5 Å². The maximum atomic E-state index is 12.9. The molecule has 0 aliphatic carbocycles. The van der Waals surface area contributed by atoms with Crippen LogP contribution in [0.15, 0.2) is 72.8 Å². The number of ether oxygens (including phenoxy) is 3. The van der Waals surface area contributed by atoms with Crippen molar-refractivity contribution in [3.05, 3.63) is 78.4 Å². The lowest BCUT2D eigenvalue weighted by Gasteiger charge is -2.26. The summed E-state index contributed by atoms with van der Waals surface area (Å²) < 4.78 is 17.4. The van der Waals surface area contributed by atoms with Crippen LogP contribution in [0.2, 0.25) is 0 Å². The number of nitrogens with one attached hydrogen (secondary N) is 1. The highest BCUT2D eigenvalue weighted by molar-refractivity contribution is 5.93. The highest BCUT2D eigenvalue weighted by atomic mass is 16.6. The Morgan fingerprint density at radius 3 is 2.62 bits per heavy atom. The van der Waals surface area contributed by atoms with Gasteiger partial charge in [0.1, 0.15) is 19.0 Å². The number of rotatable bonds is 6. The molecule has 1 saturated heterocycles. The minimum Gasteiger partial charge on any atom is -0.486 e. The number of anilines is 1. The zero-order chi connectivity index (χ0) is 21.8. The van der Waals surface area contributed by atoms with Crippen LogP contribution >= 0.6 is 0 Å². The fraction of sp³-hybridized carbons (Fsp3) is 0.269. The van der Waals surface area contributed by atoms with Crippen molar-refractivity contribution in [1.29, 1.82) is 0 Å². The number of fused-ring (bicyclic) bond motifs is 1. The van der Waals surface area contributed by atoms with Crippen molar-refractivity contribution in [3.63, 3.8) is 0 Å². The summed E-state index contributed by atoms with van der Waals surface area (Å²) >= 11 is 0. The average molecular weight is 431 g/mol. The van der Waals surface area contributed by atoms with E-state index in [-0.39, 0.29) is 11.9 Å². The molecule has 0 bridgehead atoms. The molecule has 2 heterocycles. The van der Waals surface area contributed by atoms with Gasteiger partial charge in [0.15, 0.2) is 17.2 Å². The summed E-state index contributed by atoms with van der Waals surface area (Å²) in [6.45, 7) is 2.35. The third kappa shape index (κ3) is 4.55. The summed E-state index contributed by atoms with van der Waals surface area (Å²) in [5.74, 6) is 2.87. The van der Waals surface area contributed by atoms with Gasteiger partial charge in [-0.2, -0.15) is 0 Å². The molecule has 0 radical (unpaired) electrons. The summed E-state index contributed by atoms with van der Waals surface area (Å²) in [6.07, 6.45) is 2.07. The Labute approximate surface area is 187 Å². The first-order chi connectivity index (χ1) is 15.8. The molecule has 164 valence electrons. The first kappa shape index (κ1) is 20.4. The Morgan fingerprint density at radius 2 is 1.75 bits per heavy atom. The molecule has 5 rings (SSSR count). The van der Waals surface area contributed by atoms with E-state index in [1.165, 1.54) is 0 Å². The molecule has 1 amide bonds. The zero-order valence-electron chi connectivity index (χ0n) is 17.8. The highest BCUT2D eigenvalue weighted by Gasteiger charge is 2.29. The Kier molecular flexibility index (Phi) is 5.94. The van der Waals surface area contributed by atoms with E-state index in [2.05, 4.69) is 22.3 Å². The van der Waals surface area contributed by atoms with E-state index >= 15 is 0 Å². The van der Waals surface area contributed by atoms with Gasteiger partial charge in [0.05, 0.1) is 12.2 Å². The van der Waals surface area contributed by atoms with Gasteiger partial charge < -0.3 is 19.5 Å². The molecular formula is C26H26N2O4. The average Bonchev–Trinajstić information content (AvgIpc) is 3.28. The number of amides is 1. The number of hydrogen-bond acceptors (Lipinski definition) is 5. The van der Waals surface area contributed by atoms with Gasteiger partial charge in [0.2, 0.25) is 5.91 Å². The van der Waals surface area contributed by atoms with Gasteiger partial charge in [-0.25, -0.2) is 0 Å². The van der Waals surface area contributed by atoms with Crippen molar-refractivity contribution in [1.82, 2.24) is 4.90 Å². The third-order valence-corrected chi connectivity index (χ3v) is 5.79. The number of likely N-dealkylation sites (tertiary alicyclic amines) is 1. The molecule has 0 unspecified atom stereocenters. The van der Waals surface area contributed by atoms with E-state index in [4.69, 9.17) is 14.2 Å². The second-order valence-electron chi connectivity index (χ2n) is 7.99. The number of benzene rings is 3. The van der Waals surface area contributed by atoms with E-state index in [1.807, 2.05) is 60.7 Å². The van der Waals surface area contributed by atoms with Crippen molar-refractivity contribution in [2.75, 3.05) is 31.6 Å². The first-order valence-corrected chi connectivity index (χ1v) is 11.0. The molecule has 3 aromatic carbocycles. The molecule has 3 aromatic rings. The minimum atomic E-state index is -0.0569. The largest absolute Gasteiger partial charge is 0.486 e. The van der Waals surface area contributed by atoms with E-state index < -0.39 is 0 Å². The quantitative estimate of drug-likeness (QED) is 0.595. The maximum Gasteiger partial charge on any atom is 0.238 e. The molecule has 2 aliphatic rings. The van der Waals surface area contributed by atoms with Gasteiger partial charge >= 0.3 is 0 Å². The number of nitrogens with zero attached hydrogens (tertiary/aromatic N) is 1. The topological polar surface area (TPSA) is 60.0 Å². The van der Waals surface area contributed by atoms with Gasteiger partial charge in [-0.05, 0) is 61.3 Å². The molecule has 2 aliphatic heterocycles. The molecule has 6 nitrogen and oxygen atoms in total. The van der Waals surface area contributed by atoms with Crippen molar-refractivity contribution >= 4 is 11.6 Å². The second kappa shape index (κ2) is 9.32. The lowest BCUT2D eigenvalue weighted by molar-refractivity contribution is -0.117. The van der Waals surface area contributed by atoms with Crippen LogP contribution in [0.25, 0.3) is 0 Å². The Morgan fingerprint density at radius 1 is 0.969 bits per heavy atom. The number of para-hydroxylation sites is 3. The Hall–Kier alpha value is -3.51. The van der Waals surface area contributed by atoms with E-state index in [1.54, 1.807) is 0 Å². The predicted octanol–water partition coefficient (Wildman–Crippen LogP) is 5.03. The predicted molar refractivity (Wildman–Crippen MR) is 123 cm³/mol. The summed E-state index contributed by atoms with van der Waals surface area (Å²) in [7, 11) is 0. The maximum absolute atomic E-state index is 12.9. The summed E-state index contributed by atoms with van der Waals surface area (Å²) in [6, 6.07) is 23.4. The molecule has 32 heavy (non-hydrogen) atoms. The van der Waals surface area contributed by atoms with Crippen molar-refractivity contribution in [3.8, 4) is 23.0 Å². The number of hydrogen-bond donors (Lipinski definition) is 1. The van der Waals surface area contributed by atoms with Crippen LogP contribution in [-0.4, -0.2) is 37.1 Å². The summed E-state index contributed by atoms with van der Waals surface area (Å²) in [5, 5.41) is 3.03. The van der Waals surface area contributed by atoms with Crippen LogP contribution in [0, 0.1) is 0 Å². The molecule has 0 spiro atoms. The second-order valence-corrected chi connectivity index (χ2v) is 7.99. The molecule has 1 atom stereocenters. The van der Waals surface area contributed by atoms with Crippen molar-refractivity contribution in [2.45, 2.75) is 18.9 Å². The molecule has 6 heteroatoms. The third-order valence-electron chi connectivity index (χ3n) is 5.79. The monoisotopic (exact) mass is 430 g/mol. The van der Waals surface area contributed by atoms with Crippen molar-refractivity contribution < 1.29 is 19.0 Å². The van der Waals surface area contributed by atoms with Crippen LogP contribution in [0.5, 0.6) is 23.0 Å². The fourth-order valence-corrected chi connectivity index (χ4v) is 4.31. The highest BCUT2D eigenvalue weighted by Crippen LogP contribution is 2.38. The number of carbonyl (C=O) groups excluding carboxylic acids is 1. The van der Waals surface area contributed by atoms with Crippen LogP contribution in [0.1, 0.15) is 24.4 Å². The standard InChI is InChI=1S/C26H26N2O4/c29-26(27-21-9-4-5-11-23(21)32-20-7-2-1-3-8-20)18-28-14-6-10-22(28)19-12-13-24-25(17-19)31-16-15-30-24/h1-5,7-9,11-13,17,22H,6,10,14-16,18H2,(H,27,29)/t22-/m1/s1. The van der Waals surface area contributed by atoms with Gasteiger partial charge in [-0.3, -0.25) is 9.69 Å². The lowest BCUT2D eigenvalue weighted by Crippen LogP contribution is -2.33. The molecule has 1 N–H and O–H groups in total. The summed E-state index contributed by atoms with van der Waals surface area (Å²) in [5.41, 5.74) is 1.82. The summed E-state index contributed by atoms with van der Waals surface area (Å²) in [4.78, 5) is 15.2. The van der Waals surface area contributed by atoms with E-state index in [0.29, 0.717) is 31.2 Å². The Balaban J connectivity index is 1.26. The lowest BCUT2D eigenvalue weighted by atomic mass is 10.0. The van der Waals surface area contributed by atoms with Gasteiger partial charge in [0.25, 0.3) is 0 Å². The van der Waals surface area contributed by atoms with E-state index in [9.17, 15) is 4.79 Å². The normalized spacial score (nSPS) is 17.7. The Bertz CT molecular complexity index is 1090. The van der Waals surface area contributed by atoms with Gasteiger partial charge in [0, 0.05) is 6.04 Å². The first-order valence-electron chi connectivity index (χ1n) is 11.0. The molecular weight excluding hydrogens is 404 g/mol. The minimum absolute atomic E-state index is 0.0569. The molecule has 0 aromatic heterocycles. The van der Waals surface area contributed by atoms with Crippen LogP contribution in [-0.2, 0) is 4.79 Å². The molecule has 1 fully saturated rings. The smallest absolute Gasteiger partial charge is 0.238 e. The van der Waals surface area contributed by atoms with Gasteiger partial charge in [-0.15, -0.1) is 0 Å². The van der Waals surface area contributed by atoms with Crippen LogP contribution in [0.3, 0.4) is 0 Å². The molecule has 0 saturated carbocycles. The number of carbonyl (C=O) groups is 1. The van der Waals surface area contributed by atoms with Crippen LogP contribution in [0.4, 0.5) is 5.69 Å². The van der Waals surface area contributed by atoms with Gasteiger partial charge in [-0.1, -0.05) is 36.4 Å².